The van der Waals surface area contributed by atoms with Crippen molar-refractivity contribution in [3.63, 3.8) is 0 Å². The first-order chi connectivity index (χ1) is 13.4. The molecule has 2 aliphatic rings. The lowest BCUT2D eigenvalue weighted by molar-refractivity contribution is -0.0227. The number of carbonyl (C=O) groups is 1. The van der Waals surface area contributed by atoms with Crippen LogP contribution in [-0.4, -0.2) is 47.1 Å². The Kier molecular flexibility index (Phi) is 4.42. The van der Waals surface area contributed by atoms with Crippen LogP contribution in [0.1, 0.15) is 49.3 Å². The van der Waals surface area contributed by atoms with Gasteiger partial charge in [-0.2, -0.15) is 0 Å². The van der Waals surface area contributed by atoms with Crippen LogP contribution in [0.15, 0.2) is 36.5 Å². The van der Waals surface area contributed by atoms with Crippen molar-refractivity contribution < 1.29 is 23.6 Å². The van der Waals surface area contributed by atoms with E-state index in [0.29, 0.717) is 5.46 Å². The van der Waals surface area contributed by atoms with Gasteiger partial charge >= 0.3 is 7.12 Å². The fourth-order valence-corrected chi connectivity index (χ4v) is 3.48. The van der Waals surface area contributed by atoms with Gasteiger partial charge in [0.05, 0.1) is 29.0 Å². The number of hydrogen-bond donors (Lipinski definition) is 1. The highest BCUT2D eigenvalue weighted by Crippen LogP contribution is 2.37. The second-order valence-corrected chi connectivity index (χ2v) is 8.46. The number of amides is 1. The summed E-state index contributed by atoms with van der Waals surface area (Å²) in [5.41, 5.74) is -2.19. The van der Waals surface area contributed by atoms with Gasteiger partial charge in [0.2, 0.25) is 0 Å². The van der Waals surface area contributed by atoms with E-state index in [0.717, 1.165) is 4.90 Å². The number of fused-ring (bicyclic) bond motifs is 1. The number of aromatic nitrogens is 1. The van der Waals surface area contributed by atoms with Crippen molar-refractivity contribution in [2.24, 2.45) is 0 Å². The highest BCUT2D eigenvalue weighted by atomic mass is 19.1. The summed E-state index contributed by atoms with van der Waals surface area (Å²) in [5.74, 6) is -1.06. The quantitative estimate of drug-likeness (QED) is 0.799. The van der Waals surface area contributed by atoms with Crippen molar-refractivity contribution >= 4 is 26.3 Å². The SMILES string of the molecule is [B]C1(O)c2ncccc2C(=O)N1Cc1ccc(B2OC(C)(C)C(C)(C)O2)cc1F. The smallest absolute Gasteiger partial charge is 0.399 e. The van der Waals surface area contributed by atoms with Crippen LogP contribution < -0.4 is 5.46 Å². The Morgan fingerprint density at radius 3 is 2.45 bits per heavy atom. The lowest BCUT2D eigenvalue weighted by Crippen LogP contribution is -2.44. The summed E-state index contributed by atoms with van der Waals surface area (Å²) in [6.07, 6.45) is 1.44. The van der Waals surface area contributed by atoms with Crippen LogP contribution >= 0.6 is 0 Å². The predicted molar refractivity (Wildman–Crippen MR) is 106 cm³/mol. The van der Waals surface area contributed by atoms with Crippen molar-refractivity contribution in [2.45, 2.75) is 51.1 Å². The molecule has 1 saturated heterocycles. The van der Waals surface area contributed by atoms with E-state index >= 15 is 0 Å². The van der Waals surface area contributed by atoms with E-state index in [1.807, 2.05) is 27.7 Å². The standard InChI is InChI=1S/C20H21B2FN2O4/c1-18(2)19(3,4)29-22(28-18)13-8-7-12(15(23)10-13)11-25-17(26)14-6-5-9-24-16(14)20(25,21)27/h5-10,27H,11H2,1-4H3. The molecule has 6 nitrogen and oxygen atoms in total. The van der Waals surface area contributed by atoms with Crippen LogP contribution in [0.4, 0.5) is 4.39 Å². The second-order valence-electron chi connectivity index (χ2n) is 8.46. The van der Waals surface area contributed by atoms with Crippen LogP contribution in [0.5, 0.6) is 0 Å². The molecule has 1 fully saturated rings. The minimum absolute atomic E-state index is 0.0549. The Bertz CT molecular complexity index is 980. The molecule has 2 radical (unpaired) electrons. The lowest BCUT2D eigenvalue weighted by Gasteiger charge is -2.32. The van der Waals surface area contributed by atoms with Gasteiger partial charge in [-0.15, -0.1) is 0 Å². The summed E-state index contributed by atoms with van der Waals surface area (Å²) in [6.45, 7) is 7.47. The number of halogens is 1. The molecule has 0 spiro atoms. The third kappa shape index (κ3) is 3.08. The molecule has 1 aromatic carbocycles. The summed E-state index contributed by atoms with van der Waals surface area (Å²) in [6, 6.07) is 7.65. The fourth-order valence-electron chi connectivity index (χ4n) is 3.48. The molecule has 2 aromatic rings. The third-order valence-corrected chi connectivity index (χ3v) is 5.97. The molecule has 148 valence electrons. The minimum atomic E-state index is -2.11. The van der Waals surface area contributed by atoms with Gasteiger partial charge in [-0.1, -0.05) is 12.1 Å². The number of benzene rings is 1. The number of pyridine rings is 1. The lowest BCUT2D eigenvalue weighted by atomic mass is 9.78. The number of nitrogens with zero attached hydrogens (tertiary/aromatic N) is 2. The summed E-state index contributed by atoms with van der Waals surface area (Å²) in [7, 11) is 5.25. The molecule has 1 unspecified atom stereocenters. The van der Waals surface area contributed by atoms with Crippen molar-refractivity contribution in [3.8, 4) is 0 Å². The van der Waals surface area contributed by atoms with E-state index in [-0.39, 0.29) is 23.4 Å². The van der Waals surface area contributed by atoms with Gasteiger partial charge in [-0.25, -0.2) is 4.39 Å². The number of carbonyl (C=O) groups excluding carboxylic acids is 1. The van der Waals surface area contributed by atoms with Gasteiger partial charge in [0, 0.05) is 11.8 Å². The van der Waals surface area contributed by atoms with Gasteiger partial charge < -0.3 is 19.3 Å². The molecule has 0 bridgehead atoms. The molecule has 0 aliphatic carbocycles. The fraction of sp³-hybridized carbons (Fsp3) is 0.400. The third-order valence-electron chi connectivity index (χ3n) is 5.97. The zero-order valence-corrected chi connectivity index (χ0v) is 16.8. The predicted octanol–water partition coefficient (Wildman–Crippen LogP) is 1.45. The first-order valence-electron chi connectivity index (χ1n) is 9.37. The molecule has 1 atom stereocenters. The highest BCUT2D eigenvalue weighted by Gasteiger charge is 2.52. The molecule has 1 amide bonds. The molecular weight excluding hydrogens is 373 g/mol. The van der Waals surface area contributed by atoms with E-state index < -0.39 is 35.7 Å². The molecule has 4 rings (SSSR count). The Balaban J connectivity index is 1.58. The maximum absolute atomic E-state index is 14.9. The van der Waals surface area contributed by atoms with E-state index in [2.05, 4.69) is 4.98 Å². The van der Waals surface area contributed by atoms with E-state index in [9.17, 15) is 14.3 Å². The first kappa shape index (κ1) is 20.1. The zero-order valence-electron chi connectivity index (χ0n) is 16.8. The number of hydrogen-bond acceptors (Lipinski definition) is 5. The first-order valence-corrected chi connectivity index (χ1v) is 9.37. The van der Waals surface area contributed by atoms with Crippen molar-refractivity contribution in [2.75, 3.05) is 0 Å². The van der Waals surface area contributed by atoms with Gasteiger partial charge in [0.1, 0.15) is 11.4 Å². The number of aliphatic hydroxyl groups is 1. The molecule has 0 saturated carbocycles. The van der Waals surface area contributed by atoms with Gasteiger partial charge in [-0.05, 0) is 51.4 Å². The Labute approximate surface area is 170 Å². The molecule has 2 aliphatic heterocycles. The Hall–Kier alpha value is -2.22. The molecule has 1 aromatic heterocycles. The van der Waals surface area contributed by atoms with Crippen LogP contribution in [0.25, 0.3) is 0 Å². The van der Waals surface area contributed by atoms with Gasteiger partial charge in [-0.3, -0.25) is 9.78 Å². The summed E-state index contributed by atoms with van der Waals surface area (Å²) >= 11 is 0. The van der Waals surface area contributed by atoms with Crippen LogP contribution in [0.3, 0.4) is 0 Å². The number of rotatable bonds is 3. The maximum Gasteiger partial charge on any atom is 0.494 e. The van der Waals surface area contributed by atoms with Gasteiger partial charge in [0.25, 0.3) is 5.91 Å². The molecule has 9 heteroatoms. The van der Waals surface area contributed by atoms with Crippen LogP contribution in [0, 0.1) is 5.82 Å². The van der Waals surface area contributed by atoms with Crippen molar-refractivity contribution in [1.82, 2.24) is 9.88 Å². The summed E-state index contributed by atoms with van der Waals surface area (Å²) in [4.78, 5) is 17.6. The average Bonchev–Trinajstić information content (AvgIpc) is 2.97. The van der Waals surface area contributed by atoms with Crippen LogP contribution in [-0.2, 0) is 21.5 Å². The van der Waals surface area contributed by atoms with Gasteiger partial charge in [0.15, 0.2) is 7.85 Å². The molecular formula is C20H21B2FN2O4. The van der Waals surface area contributed by atoms with Crippen molar-refractivity contribution in [3.05, 3.63) is 59.2 Å². The van der Waals surface area contributed by atoms with E-state index in [1.54, 1.807) is 12.1 Å². The minimum Gasteiger partial charge on any atom is -0.399 e. The monoisotopic (exact) mass is 394 g/mol. The van der Waals surface area contributed by atoms with E-state index in [1.165, 1.54) is 24.4 Å². The van der Waals surface area contributed by atoms with Crippen molar-refractivity contribution in [1.29, 1.82) is 0 Å². The maximum atomic E-state index is 14.9. The topological polar surface area (TPSA) is 71.9 Å². The second kappa shape index (κ2) is 6.39. The normalized spacial score (nSPS) is 24.8. The summed E-state index contributed by atoms with van der Waals surface area (Å²) < 4.78 is 26.8. The zero-order chi connectivity index (χ0) is 21.2. The Morgan fingerprint density at radius 2 is 1.86 bits per heavy atom. The molecule has 29 heavy (non-hydrogen) atoms. The molecule has 1 N–H and O–H groups in total. The average molecular weight is 394 g/mol. The van der Waals surface area contributed by atoms with E-state index in [4.69, 9.17) is 17.2 Å². The largest absolute Gasteiger partial charge is 0.494 e. The summed E-state index contributed by atoms with van der Waals surface area (Å²) in [5, 5.41) is 10.6. The van der Waals surface area contributed by atoms with Crippen LogP contribution in [0.2, 0.25) is 0 Å². The highest BCUT2D eigenvalue weighted by molar-refractivity contribution is 6.62. The molecule has 3 heterocycles. The Morgan fingerprint density at radius 1 is 1.21 bits per heavy atom.